The van der Waals surface area contributed by atoms with Crippen molar-refractivity contribution in [2.45, 2.75) is 0 Å². The van der Waals surface area contributed by atoms with E-state index in [1.807, 2.05) is 48.5 Å². The highest BCUT2D eigenvalue weighted by molar-refractivity contribution is 6.59. The Bertz CT molecular complexity index is 1100. The molecule has 24 heavy (non-hydrogen) atoms. The van der Waals surface area contributed by atoms with Crippen molar-refractivity contribution in [2.24, 2.45) is 0 Å². The molecule has 1 heterocycles. The Morgan fingerprint density at radius 1 is 0.875 bits per heavy atom. The zero-order valence-corrected chi connectivity index (χ0v) is 12.7. The Labute approximate surface area is 139 Å². The first-order valence-corrected chi connectivity index (χ1v) is 7.59. The highest BCUT2D eigenvalue weighted by Crippen LogP contribution is 2.33. The average Bonchev–Trinajstić information content (AvgIpc) is 2.96. The fourth-order valence-corrected chi connectivity index (χ4v) is 3.20. The molecule has 0 aliphatic heterocycles. The van der Waals surface area contributed by atoms with Crippen molar-refractivity contribution >= 4 is 34.4 Å². The SMILES string of the molecule is N#Cc1cccc2c1c1cc(B(O)O)ccc1n2-c1ccccc1. The molecular weight excluding hydrogens is 299 g/mol. The Morgan fingerprint density at radius 2 is 1.67 bits per heavy atom. The number of nitrogens with zero attached hydrogens (tertiary/aromatic N) is 2. The maximum Gasteiger partial charge on any atom is 0.488 e. The minimum atomic E-state index is -1.54. The average molecular weight is 312 g/mol. The van der Waals surface area contributed by atoms with Crippen LogP contribution in [0.4, 0.5) is 0 Å². The highest BCUT2D eigenvalue weighted by atomic mass is 16.4. The number of aromatic nitrogens is 1. The van der Waals surface area contributed by atoms with Crippen LogP contribution in [0.25, 0.3) is 27.5 Å². The van der Waals surface area contributed by atoms with Crippen LogP contribution >= 0.6 is 0 Å². The minimum Gasteiger partial charge on any atom is -0.423 e. The molecule has 114 valence electrons. The summed E-state index contributed by atoms with van der Waals surface area (Å²) in [6.07, 6.45) is 0. The monoisotopic (exact) mass is 312 g/mol. The molecule has 0 unspecified atom stereocenters. The Morgan fingerprint density at radius 3 is 2.38 bits per heavy atom. The highest BCUT2D eigenvalue weighted by Gasteiger charge is 2.18. The molecule has 4 nitrogen and oxygen atoms in total. The quantitative estimate of drug-likeness (QED) is 0.558. The van der Waals surface area contributed by atoms with Gasteiger partial charge in [0, 0.05) is 16.5 Å². The van der Waals surface area contributed by atoms with Gasteiger partial charge in [-0.15, -0.1) is 0 Å². The van der Waals surface area contributed by atoms with Crippen LogP contribution in [0.1, 0.15) is 5.56 Å². The van der Waals surface area contributed by atoms with Gasteiger partial charge in [-0.3, -0.25) is 0 Å². The standard InChI is InChI=1S/C19H13BN2O2/c21-12-13-5-4-8-18-19(13)16-11-14(20(23)24)9-10-17(16)22(18)15-6-2-1-3-7-15/h1-11,23-24H. The molecule has 0 spiro atoms. The first-order chi connectivity index (χ1) is 11.7. The van der Waals surface area contributed by atoms with Gasteiger partial charge in [-0.25, -0.2) is 0 Å². The lowest BCUT2D eigenvalue weighted by Crippen LogP contribution is -2.29. The summed E-state index contributed by atoms with van der Waals surface area (Å²) in [6.45, 7) is 0. The van der Waals surface area contributed by atoms with E-state index in [0.717, 1.165) is 27.5 Å². The molecule has 0 aliphatic carbocycles. The van der Waals surface area contributed by atoms with Gasteiger partial charge < -0.3 is 14.6 Å². The van der Waals surface area contributed by atoms with E-state index in [-0.39, 0.29) is 0 Å². The van der Waals surface area contributed by atoms with Crippen molar-refractivity contribution in [3.8, 4) is 11.8 Å². The minimum absolute atomic E-state index is 0.405. The lowest BCUT2D eigenvalue weighted by atomic mass is 9.79. The molecule has 0 aliphatic rings. The Balaban J connectivity index is 2.21. The number of hydrogen-bond donors (Lipinski definition) is 2. The molecule has 0 atom stereocenters. The van der Waals surface area contributed by atoms with E-state index < -0.39 is 7.12 Å². The van der Waals surface area contributed by atoms with Gasteiger partial charge in [0.2, 0.25) is 0 Å². The van der Waals surface area contributed by atoms with E-state index in [9.17, 15) is 15.3 Å². The lowest BCUT2D eigenvalue weighted by Gasteiger charge is -2.07. The second-order valence-electron chi connectivity index (χ2n) is 5.63. The maximum absolute atomic E-state index is 9.50. The van der Waals surface area contributed by atoms with E-state index in [4.69, 9.17) is 0 Å². The first-order valence-electron chi connectivity index (χ1n) is 7.59. The summed E-state index contributed by atoms with van der Waals surface area (Å²) in [5.74, 6) is 0. The third kappa shape index (κ3) is 2.09. The summed E-state index contributed by atoms with van der Waals surface area (Å²) in [7, 11) is -1.54. The molecule has 0 radical (unpaired) electrons. The molecule has 3 aromatic carbocycles. The molecule has 0 fully saturated rings. The van der Waals surface area contributed by atoms with Crippen LogP contribution in [0.15, 0.2) is 66.7 Å². The summed E-state index contributed by atoms with van der Waals surface area (Å²) in [5, 5.41) is 30.1. The summed E-state index contributed by atoms with van der Waals surface area (Å²) >= 11 is 0. The second kappa shape index (κ2) is 5.53. The van der Waals surface area contributed by atoms with Gasteiger partial charge in [-0.2, -0.15) is 5.26 Å². The molecule has 0 saturated carbocycles. The predicted octanol–water partition coefficient (Wildman–Crippen LogP) is 2.34. The van der Waals surface area contributed by atoms with Crippen molar-refractivity contribution in [3.05, 3.63) is 72.3 Å². The van der Waals surface area contributed by atoms with Crippen LogP contribution < -0.4 is 5.46 Å². The van der Waals surface area contributed by atoms with Crippen LogP contribution in [0.3, 0.4) is 0 Å². The Hall–Kier alpha value is -3.07. The van der Waals surface area contributed by atoms with E-state index >= 15 is 0 Å². The van der Waals surface area contributed by atoms with Crippen molar-refractivity contribution < 1.29 is 10.0 Å². The predicted molar refractivity (Wildman–Crippen MR) is 95.3 cm³/mol. The van der Waals surface area contributed by atoms with Crippen LogP contribution in [-0.4, -0.2) is 21.7 Å². The molecule has 0 amide bonds. The molecule has 1 aromatic heterocycles. The number of fused-ring (bicyclic) bond motifs is 3. The second-order valence-corrected chi connectivity index (χ2v) is 5.63. The normalized spacial score (nSPS) is 10.9. The van der Waals surface area contributed by atoms with Crippen molar-refractivity contribution in [3.63, 3.8) is 0 Å². The van der Waals surface area contributed by atoms with E-state index in [2.05, 4.69) is 10.6 Å². The summed E-state index contributed by atoms with van der Waals surface area (Å²) < 4.78 is 2.08. The van der Waals surface area contributed by atoms with Crippen LogP contribution in [-0.2, 0) is 0 Å². The van der Waals surface area contributed by atoms with Gasteiger partial charge in [0.1, 0.15) is 0 Å². The lowest BCUT2D eigenvalue weighted by molar-refractivity contribution is 0.426. The maximum atomic E-state index is 9.50. The molecule has 2 N–H and O–H groups in total. The van der Waals surface area contributed by atoms with Gasteiger partial charge in [-0.1, -0.05) is 36.4 Å². The summed E-state index contributed by atoms with van der Waals surface area (Å²) in [6, 6.07) is 23.0. The summed E-state index contributed by atoms with van der Waals surface area (Å²) in [4.78, 5) is 0. The van der Waals surface area contributed by atoms with Crippen LogP contribution in [0, 0.1) is 11.3 Å². The summed E-state index contributed by atoms with van der Waals surface area (Å²) in [5.41, 5.74) is 3.80. The third-order valence-corrected chi connectivity index (χ3v) is 4.25. The zero-order valence-electron chi connectivity index (χ0n) is 12.7. The van der Waals surface area contributed by atoms with Crippen LogP contribution in [0.5, 0.6) is 0 Å². The largest absolute Gasteiger partial charge is 0.488 e. The fraction of sp³-hybridized carbons (Fsp3) is 0. The van der Waals surface area contributed by atoms with Gasteiger partial charge in [0.05, 0.1) is 22.7 Å². The molecular formula is C19H13BN2O2. The van der Waals surface area contributed by atoms with E-state index in [0.29, 0.717) is 11.0 Å². The van der Waals surface area contributed by atoms with Crippen molar-refractivity contribution in [1.29, 1.82) is 5.26 Å². The number of hydrogen-bond acceptors (Lipinski definition) is 3. The van der Waals surface area contributed by atoms with Crippen LogP contribution in [0.2, 0.25) is 0 Å². The molecule has 4 aromatic rings. The van der Waals surface area contributed by atoms with E-state index in [1.165, 1.54) is 0 Å². The van der Waals surface area contributed by atoms with Crippen molar-refractivity contribution in [1.82, 2.24) is 4.57 Å². The zero-order chi connectivity index (χ0) is 16.7. The van der Waals surface area contributed by atoms with Gasteiger partial charge in [0.15, 0.2) is 0 Å². The fourth-order valence-electron chi connectivity index (χ4n) is 3.20. The topological polar surface area (TPSA) is 69.2 Å². The molecule has 4 rings (SSSR count). The van der Waals surface area contributed by atoms with Gasteiger partial charge in [0.25, 0.3) is 0 Å². The number of nitriles is 1. The first kappa shape index (κ1) is 14.5. The van der Waals surface area contributed by atoms with Gasteiger partial charge in [-0.05, 0) is 35.8 Å². The van der Waals surface area contributed by atoms with Gasteiger partial charge >= 0.3 is 7.12 Å². The molecule has 5 heteroatoms. The smallest absolute Gasteiger partial charge is 0.423 e. The molecule has 0 bridgehead atoms. The van der Waals surface area contributed by atoms with Crippen molar-refractivity contribution in [2.75, 3.05) is 0 Å². The van der Waals surface area contributed by atoms with E-state index in [1.54, 1.807) is 18.2 Å². The number of para-hydroxylation sites is 1. The number of benzene rings is 3. The Kier molecular flexibility index (Phi) is 3.35. The molecule has 0 saturated heterocycles. The number of rotatable bonds is 2. The third-order valence-electron chi connectivity index (χ3n) is 4.25.